The van der Waals surface area contributed by atoms with E-state index >= 15 is 0 Å². The van der Waals surface area contributed by atoms with E-state index < -0.39 is 0 Å². The van der Waals surface area contributed by atoms with E-state index in [1.165, 1.54) is 32.4 Å². The quantitative estimate of drug-likeness (QED) is 0.903. The molecule has 0 saturated carbocycles. The van der Waals surface area contributed by atoms with E-state index in [1.54, 1.807) is 0 Å². The van der Waals surface area contributed by atoms with E-state index in [9.17, 15) is 4.79 Å². The average molecular weight is 302 g/mol. The minimum Gasteiger partial charge on any atom is -0.365 e. The molecule has 1 amide bonds. The number of primary amides is 1. The lowest BCUT2D eigenvalue weighted by molar-refractivity contribution is 0.1000. The number of hydrogen-bond donors (Lipinski definition) is 1. The first-order valence-corrected chi connectivity index (χ1v) is 8.12. The first-order chi connectivity index (χ1) is 10.4. The van der Waals surface area contributed by atoms with Crippen LogP contribution in [0.2, 0.25) is 0 Å². The Morgan fingerprint density at radius 1 is 1.23 bits per heavy atom. The van der Waals surface area contributed by atoms with Crippen molar-refractivity contribution in [3.8, 4) is 0 Å². The van der Waals surface area contributed by atoms with Crippen LogP contribution in [0.1, 0.15) is 40.9 Å². The van der Waals surface area contributed by atoms with Crippen molar-refractivity contribution in [1.29, 1.82) is 0 Å². The second-order valence-corrected chi connectivity index (χ2v) is 7.10. The highest BCUT2D eigenvalue weighted by atomic mass is 16.1. The van der Waals surface area contributed by atoms with Gasteiger partial charge in [0.05, 0.1) is 5.56 Å². The highest BCUT2D eigenvalue weighted by Crippen LogP contribution is 2.41. The number of aromatic nitrogens is 1. The van der Waals surface area contributed by atoms with Gasteiger partial charge in [0, 0.05) is 25.3 Å². The fraction of sp³-hybridized carbons (Fsp3) is 0.647. The van der Waals surface area contributed by atoms with E-state index in [0.717, 1.165) is 30.2 Å². The van der Waals surface area contributed by atoms with Crippen LogP contribution < -0.4 is 10.6 Å². The lowest BCUT2D eigenvalue weighted by Crippen LogP contribution is -2.42. The van der Waals surface area contributed by atoms with Crippen LogP contribution in [0.3, 0.4) is 0 Å². The van der Waals surface area contributed by atoms with Gasteiger partial charge in [0.1, 0.15) is 5.82 Å². The van der Waals surface area contributed by atoms with Gasteiger partial charge in [-0.15, -0.1) is 0 Å². The van der Waals surface area contributed by atoms with Gasteiger partial charge in [-0.3, -0.25) is 4.79 Å². The predicted octanol–water partition coefficient (Wildman–Crippen LogP) is 1.72. The van der Waals surface area contributed by atoms with Crippen molar-refractivity contribution in [2.75, 3.05) is 38.1 Å². The standard InChI is InChI=1S/C17H26N4O/c1-12-10-14(15(18)22)16(19-13(12)2)21-8-5-17(6-9-21)4-7-20(3)11-17/h10H,4-9,11H2,1-3H3,(H2,18,22). The zero-order valence-corrected chi connectivity index (χ0v) is 13.9. The molecular formula is C17H26N4O. The van der Waals surface area contributed by atoms with Crippen LogP contribution in [-0.4, -0.2) is 49.0 Å². The van der Waals surface area contributed by atoms with Crippen molar-refractivity contribution in [2.24, 2.45) is 11.1 Å². The van der Waals surface area contributed by atoms with Crippen LogP contribution in [0.25, 0.3) is 0 Å². The Bertz CT molecular complexity index is 591. The van der Waals surface area contributed by atoms with Crippen LogP contribution in [0, 0.1) is 19.3 Å². The zero-order valence-electron chi connectivity index (χ0n) is 13.9. The topological polar surface area (TPSA) is 62.5 Å². The number of piperidine rings is 1. The monoisotopic (exact) mass is 302 g/mol. The maximum atomic E-state index is 11.8. The Morgan fingerprint density at radius 2 is 1.86 bits per heavy atom. The van der Waals surface area contributed by atoms with E-state index in [-0.39, 0.29) is 5.91 Å². The summed E-state index contributed by atoms with van der Waals surface area (Å²) in [5.74, 6) is 0.392. The molecular weight excluding hydrogens is 276 g/mol. The van der Waals surface area contributed by atoms with Gasteiger partial charge >= 0.3 is 0 Å². The maximum Gasteiger partial charge on any atom is 0.252 e. The summed E-state index contributed by atoms with van der Waals surface area (Å²) in [5, 5.41) is 0. The number of likely N-dealkylation sites (tertiary alicyclic amines) is 1. The number of hydrogen-bond acceptors (Lipinski definition) is 4. The first-order valence-electron chi connectivity index (χ1n) is 8.12. The molecule has 1 aromatic rings. The van der Waals surface area contributed by atoms with Crippen LogP contribution in [0.5, 0.6) is 0 Å². The molecule has 0 aromatic carbocycles. The molecule has 1 aromatic heterocycles. The first kappa shape index (κ1) is 15.3. The molecule has 0 radical (unpaired) electrons. The third kappa shape index (κ3) is 2.70. The summed E-state index contributed by atoms with van der Waals surface area (Å²) in [6.45, 7) is 8.28. The van der Waals surface area contributed by atoms with Crippen LogP contribution >= 0.6 is 0 Å². The number of amides is 1. The molecule has 120 valence electrons. The van der Waals surface area contributed by atoms with Crippen LogP contribution in [0.15, 0.2) is 6.07 Å². The van der Waals surface area contributed by atoms with E-state index in [0.29, 0.717) is 11.0 Å². The fourth-order valence-electron chi connectivity index (χ4n) is 3.87. The molecule has 2 aliphatic rings. The van der Waals surface area contributed by atoms with Gasteiger partial charge in [-0.2, -0.15) is 0 Å². The molecule has 0 unspecified atom stereocenters. The Labute approximate surface area is 132 Å². The number of carbonyl (C=O) groups excluding carboxylic acids is 1. The second-order valence-electron chi connectivity index (χ2n) is 7.10. The number of nitrogens with zero attached hydrogens (tertiary/aromatic N) is 3. The lowest BCUT2D eigenvalue weighted by atomic mass is 9.77. The predicted molar refractivity (Wildman–Crippen MR) is 88.2 cm³/mol. The highest BCUT2D eigenvalue weighted by Gasteiger charge is 2.40. The highest BCUT2D eigenvalue weighted by molar-refractivity contribution is 5.98. The number of anilines is 1. The fourth-order valence-corrected chi connectivity index (χ4v) is 3.87. The number of aryl methyl sites for hydroxylation is 2. The third-order valence-electron chi connectivity index (χ3n) is 5.46. The summed E-state index contributed by atoms with van der Waals surface area (Å²) in [4.78, 5) is 21.1. The molecule has 0 atom stereocenters. The van der Waals surface area contributed by atoms with Gasteiger partial charge in [0.15, 0.2) is 0 Å². The maximum absolute atomic E-state index is 11.8. The van der Waals surface area contributed by atoms with E-state index in [2.05, 4.69) is 21.8 Å². The molecule has 2 aliphatic heterocycles. The van der Waals surface area contributed by atoms with E-state index in [4.69, 9.17) is 5.73 Å². The number of pyridine rings is 1. The largest absolute Gasteiger partial charge is 0.365 e. The normalized spacial score (nSPS) is 21.5. The average Bonchev–Trinajstić information content (AvgIpc) is 2.83. The smallest absolute Gasteiger partial charge is 0.252 e. The Balaban J connectivity index is 1.81. The molecule has 2 fully saturated rings. The zero-order chi connectivity index (χ0) is 15.9. The summed E-state index contributed by atoms with van der Waals surface area (Å²) in [7, 11) is 2.21. The molecule has 3 rings (SSSR count). The molecule has 1 spiro atoms. The van der Waals surface area contributed by atoms with Gasteiger partial charge < -0.3 is 15.5 Å². The Morgan fingerprint density at radius 3 is 2.41 bits per heavy atom. The second kappa shape index (κ2) is 5.54. The Kier molecular flexibility index (Phi) is 3.85. The van der Waals surface area contributed by atoms with Crippen molar-refractivity contribution in [3.63, 3.8) is 0 Å². The summed E-state index contributed by atoms with van der Waals surface area (Å²) in [6.07, 6.45) is 3.63. The van der Waals surface area contributed by atoms with Crippen molar-refractivity contribution in [3.05, 3.63) is 22.9 Å². The van der Waals surface area contributed by atoms with Crippen LogP contribution in [-0.2, 0) is 0 Å². The van der Waals surface area contributed by atoms with Crippen molar-refractivity contribution >= 4 is 11.7 Å². The van der Waals surface area contributed by atoms with Gasteiger partial charge in [0.2, 0.25) is 0 Å². The molecule has 3 heterocycles. The van der Waals surface area contributed by atoms with Crippen molar-refractivity contribution in [1.82, 2.24) is 9.88 Å². The summed E-state index contributed by atoms with van der Waals surface area (Å²) >= 11 is 0. The molecule has 2 N–H and O–H groups in total. The third-order valence-corrected chi connectivity index (χ3v) is 5.46. The summed E-state index contributed by atoms with van der Waals surface area (Å²) < 4.78 is 0. The minimum absolute atomic E-state index is 0.383. The molecule has 22 heavy (non-hydrogen) atoms. The van der Waals surface area contributed by atoms with Gasteiger partial charge in [-0.1, -0.05) is 0 Å². The minimum atomic E-state index is -0.383. The molecule has 5 nitrogen and oxygen atoms in total. The SMILES string of the molecule is Cc1cc(C(N)=O)c(N2CCC3(CCN(C)C3)CC2)nc1C. The van der Waals surface area contributed by atoms with Gasteiger partial charge in [0.25, 0.3) is 5.91 Å². The Hall–Kier alpha value is -1.62. The van der Waals surface area contributed by atoms with Crippen molar-refractivity contribution < 1.29 is 4.79 Å². The van der Waals surface area contributed by atoms with Gasteiger partial charge in [-0.05, 0) is 63.7 Å². The van der Waals surface area contributed by atoms with Gasteiger partial charge in [-0.25, -0.2) is 4.98 Å². The summed E-state index contributed by atoms with van der Waals surface area (Å²) in [6, 6.07) is 1.88. The van der Waals surface area contributed by atoms with Crippen molar-refractivity contribution in [2.45, 2.75) is 33.1 Å². The molecule has 2 saturated heterocycles. The molecule has 0 bridgehead atoms. The van der Waals surface area contributed by atoms with E-state index in [1.807, 2.05) is 19.9 Å². The molecule has 0 aliphatic carbocycles. The molecule has 5 heteroatoms. The van der Waals surface area contributed by atoms with Crippen LogP contribution in [0.4, 0.5) is 5.82 Å². The summed E-state index contributed by atoms with van der Waals surface area (Å²) in [5.41, 5.74) is 8.58. The number of nitrogens with two attached hydrogens (primary N) is 1. The number of carbonyl (C=O) groups is 1. The lowest BCUT2D eigenvalue weighted by Gasteiger charge is -2.40. The number of rotatable bonds is 2.